The smallest absolute Gasteiger partial charge is 0.0606 e. The molecule has 0 aromatic heterocycles. The first-order valence-corrected chi connectivity index (χ1v) is 5.50. The van der Waals surface area contributed by atoms with Crippen molar-refractivity contribution in [1.82, 2.24) is 0 Å². The Morgan fingerprint density at radius 3 is 2.33 bits per heavy atom. The van der Waals surface area contributed by atoms with Crippen LogP contribution < -0.4 is 10.6 Å². The van der Waals surface area contributed by atoms with Crippen molar-refractivity contribution in [2.24, 2.45) is 0 Å². The minimum atomic E-state index is 0.757. The molecular formula is C12H15BrN2. The van der Waals surface area contributed by atoms with Crippen LogP contribution in [-0.4, -0.2) is 13.1 Å². The molecule has 0 atom stereocenters. The van der Waals surface area contributed by atoms with Gasteiger partial charge < -0.3 is 10.6 Å². The topological polar surface area (TPSA) is 29.3 Å². The summed E-state index contributed by atoms with van der Waals surface area (Å²) in [5.74, 6) is 0. The van der Waals surface area contributed by atoms with Gasteiger partial charge in [0.15, 0.2) is 0 Å². The lowest BCUT2D eigenvalue weighted by Gasteiger charge is -2.23. The summed E-state index contributed by atoms with van der Waals surface area (Å²) in [7, 11) is 0. The van der Waals surface area contributed by atoms with Crippen LogP contribution in [0.15, 0.2) is 48.0 Å². The van der Waals surface area contributed by atoms with E-state index in [1.165, 1.54) is 0 Å². The lowest BCUT2D eigenvalue weighted by atomic mass is 10.2. The Kier molecular flexibility index (Phi) is 4.43. The molecule has 0 unspecified atom stereocenters. The van der Waals surface area contributed by atoms with E-state index < -0.39 is 0 Å². The molecule has 0 heterocycles. The second-order valence-corrected chi connectivity index (χ2v) is 4.10. The summed E-state index contributed by atoms with van der Waals surface area (Å²) in [6.07, 6.45) is 3.70. The largest absolute Gasteiger partial charge is 0.397 e. The van der Waals surface area contributed by atoms with Gasteiger partial charge in [0.2, 0.25) is 0 Å². The Morgan fingerprint density at radius 2 is 1.87 bits per heavy atom. The Bertz CT molecular complexity index is 351. The SMILES string of the molecule is C=CCN(CC=C)c1ccc(Br)cc1N. The first-order chi connectivity index (χ1) is 7.19. The van der Waals surface area contributed by atoms with Crippen molar-refractivity contribution in [3.63, 3.8) is 0 Å². The van der Waals surface area contributed by atoms with Crippen LogP contribution in [0.2, 0.25) is 0 Å². The molecule has 0 amide bonds. The summed E-state index contributed by atoms with van der Waals surface area (Å²) < 4.78 is 0.987. The van der Waals surface area contributed by atoms with Gasteiger partial charge in [-0.15, -0.1) is 13.2 Å². The van der Waals surface area contributed by atoms with E-state index in [9.17, 15) is 0 Å². The molecule has 0 bridgehead atoms. The maximum Gasteiger partial charge on any atom is 0.0606 e. The van der Waals surface area contributed by atoms with Crippen molar-refractivity contribution in [3.05, 3.63) is 48.0 Å². The number of nitrogen functional groups attached to an aromatic ring is 1. The van der Waals surface area contributed by atoms with E-state index in [1.54, 1.807) is 0 Å². The molecule has 3 heteroatoms. The fraction of sp³-hybridized carbons (Fsp3) is 0.167. The van der Waals surface area contributed by atoms with Crippen LogP contribution in [0.3, 0.4) is 0 Å². The highest BCUT2D eigenvalue weighted by Crippen LogP contribution is 2.26. The van der Waals surface area contributed by atoms with Crippen LogP contribution in [0.25, 0.3) is 0 Å². The third-order valence-corrected chi connectivity index (χ3v) is 2.52. The number of rotatable bonds is 5. The standard InChI is InChI=1S/C12H15BrN2/c1-3-7-15(8-4-2)12-6-5-10(13)9-11(12)14/h3-6,9H,1-2,7-8,14H2. The van der Waals surface area contributed by atoms with Crippen LogP contribution in [0.4, 0.5) is 11.4 Å². The summed E-state index contributed by atoms with van der Waals surface area (Å²) in [6.45, 7) is 8.98. The number of hydrogen-bond acceptors (Lipinski definition) is 2. The van der Waals surface area contributed by atoms with Crippen LogP contribution in [0.5, 0.6) is 0 Å². The average molecular weight is 267 g/mol. The molecule has 2 N–H and O–H groups in total. The lowest BCUT2D eigenvalue weighted by Crippen LogP contribution is -2.24. The van der Waals surface area contributed by atoms with Crippen LogP contribution in [0, 0.1) is 0 Å². The summed E-state index contributed by atoms with van der Waals surface area (Å²) in [5.41, 5.74) is 7.71. The highest BCUT2D eigenvalue weighted by atomic mass is 79.9. The van der Waals surface area contributed by atoms with Crippen LogP contribution in [-0.2, 0) is 0 Å². The number of anilines is 2. The summed E-state index contributed by atoms with van der Waals surface area (Å²) in [5, 5.41) is 0. The molecule has 0 aliphatic rings. The third kappa shape index (κ3) is 3.13. The molecule has 2 nitrogen and oxygen atoms in total. The van der Waals surface area contributed by atoms with Crippen molar-refractivity contribution in [1.29, 1.82) is 0 Å². The fourth-order valence-electron chi connectivity index (χ4n) is 1.40. The number of halogens is 1. The Hall–Kier alpha value is -1.22. The van der Waals surface area contributed by atoms with Crippen molar-refractivity contribution in [3.8, 4) is 0 Å². The first-order valence-electron chi connectivity index (χ1n) is 4.70. The monoisotopic (exact) mass is 266 g/mol. The molecule has 0 saturated carbocycles. The van der Waals surface area contributed by atoms with Gasteiger partial charge in [-0.1, -0.05) is 28.1 Å². The van der Waals surface area contributed by atoms with Gasteiger partial charge in [0, 0.05) is 17.6 Å². The molecule has 0 radical (unpaired) electrons. The van der Waals surface area contributed by atoms with Gasteiger partial charge in [-0.25, -0.2) is 0 Å². The molecular weight excluding hydrogens is 252 g/mol. The summed E-state index contributed by atoms with van der Waals surface area (Å²) in [4.78, 5) is 2.11. The molecule has 0 aliphatic carbocycles. The predicted octanol–water partition coefficient (Wildman–Crippen LogP) is 3.21. The van der Waals surface area contributed by atoms with E-state index in [0.717, 1.165) is 28.9 Å². The fourth-order valence-corrected chi connectivity index (χ4v) is 1.78. The highest BCUT2D eigenvalue weighted by Gasteiger charge is 2.06. The molecule has 0 spiro atoms. The summed E-state index contributed by atoms with van der Waals surface area (Å²) >= 11 is 3.38. The molecule has 0 saturated heterocycles. The zero-order valence-electron chi connectivity index (χ0n) is 8.62. The second kappa shape index (κ2) is 5.61. The second-order valence-electron chi connectivity index (χ2n) is 3.19. The van der Waals surface area contributed by atoms with Crippen LogP contribution >= 0.6 is 15.9 Å². The summed E-state index contributed by atoms with van der Waals surface area (Å²) in [6, 6.07) is 5.87. The lowest BCUT2D eigenvalue weighted by molar-refractivity contribution is 0.958. The first kappa shape index (κ1) is 11.9. The zero-order valence-corrected chi connectivity index (χ0v) is 10.2. The van der Waals surface area contributed by atoms with Gasteiger partial charge in [0.25, 0.3) is 0 Å². The van der Waals surface area contributed by atoms with E-state index in [4.69, 9.17) is 5.73 Å². The van der Waals surface area contributed by atoms with Gasteiger partial charge in [0.05, 0.1) is 11.4 Å². The third-order valence-electron chi connectivity index (χ3n) is 2.03. The zero-order chi connectivity index (χ0) is 11.3. The van der Waals surface area contributed by atoms with E-state index in [-0.39, 0.29) is 0 Å². The van der Waals surface area contributed by atoms with Crippen molar-refractivity contribution in [2.45, 2.75) is 0 Å². The van der Waals surface area contributed by atoms with Crippen molar-refractivity contribution >= 4 is 27.3 Å². The quantitative estimate of drug-likeness (QED) is 0.655. The number of nitrogens with two attached hydrogens (primary N) is 1. The van der Waals surface area contributed by atoms with Crippen molar-refractivity contribution < 1.29 is 0 Å². The van der Waals surface area contributed by atoms with Gasteiger partial charge >= 0.3 is 0 Å². The van der Waals surface area contributed by atoms with Gasteiger partial charge in [0.1, 0.15) is 0 Å². The minimum absolute atomic E-state index is 0.757. The molecule has 1 aromatic rings. The van der Waals surface area contributed by atoms with Crippen molar-refractivity contribution in [2.75, 3.05) is 23.7 Å². The number of nitrogens with zero attached hydrogens (tertiary/aromatic N) is 1. The van der Waals surface area contributed by atoms with E-state index >= 15 is 0 Å². The predicted molar refractivity (Wildman–Crippen MR) is 71.2 cm³/mol. The van der Waals surface area contributed by atoms with Crippen LogP contribution in [0.1, 0.15) is 0 Å². The molecule has 80 valence electrons. The maximum atomic E-state index is 5.94. The van der Waals surface area contributed by atoms with Gasteiger partial charge in [-0.3, -0.25) is 0 Å². The number of hydrogen-bond donors (Lipinski definition) is 1. The molecule has 15 heavy (non-hydrogen) atoms. The Balaban J connectivity index is 2.98. The molecule has 1 aromatic carbocycles. The molecule has 0 aliphatic heterocycles. The van der Waals surface area contributed by atoms with E-state index in [2.05, 4.69) is 34.0 Å². The van der Waals surface area contributed by atoms with Gasteiger partial charge in [-0.2, -0.15) is 0 Å². The highest BCUT2D eigenvalue weighted by molar-refractivity contribution is 9.10. The minimum Gasteiger partial charge on any atom is -0.397 e. The van der Waals surface area contributed by atoms with Gasteiger partial charge in [-0.05, 0) is 18.2 Å². The Labute approximate surface area is 99.2 Å². The molecule has 1 rings (SSSR count). The van der Waals surface area contributed by atoms with E-state index in [1.807, 2.05) is 30.4 Å². The Morgan fingerprint density at radius 1 is 1.27 bits per heavy atom. The average Bonchev–Trinajstić information content (AvgIpc) is 2.17. The normalized spacial score (nSPS) is 9.67. The number of benzene rings is 1. The molecule has 0 fully saturated rings. The maximum absolute atomic E-state index is 5.94. The van der Waals surface area contributed by atoms with E-state index in [0.29, 0.717) is 0 Å².